The average molecular weight is 251 g/mol. The molecule has 0 N–H and O–H groups in total. The molecule has 0 aromatic heterocycles. The number of hydrogen-bond donors (Lipinski definition) is 0. The zero-order valence-electron chi connectivity index (χ0n) is 10.9. The standard InChI is InChI=1S/C14H21NOS/c1-12-5-4-6-13(11-12)14(16)15-7-9-17(2,3)10-8-15/h4-6,11H,7-10H2,1-3H3. The van der Waals surface area contributed by atoms with Gasteiger partial charge in [-0.2, -0.15) is 0 Å². The molecule has 1 amide bonds. The summed E-state index contributed by atoms with van der Waals surface area (Å²) in [5, 5.41) is 0. The molecule has 94 valence electrons. The summed E-state index contributed by atoms with van der Waals surface area (Å²) in [7, 11) is -0.433. The van der Waals surface area contributed by atoms with E-state index >= 15 is 0 Å². The molecule has 1 aliphatic rings. The number of carbonyl (C=O) groups is 1. The molecule has 0 aliphatic carbocycles. The second kappa shape index (κ2) is 4.73. The van der Waals surface area contributed by atoms with Gasteiger partial charge in [-0.15, -0.1) is 0 Å². The van der Waals surface area contributed by atoms with Gasteiger partial charge in [0, 0.05) is 18.7 Å². The van der Waals surface area contributed by atoms with Crippen molar-refractivity contribution in [1.82, 2.24) is 4.90 Å². The molecule has 3 heteroatoms. The molecule has 0 unspecified atom stereocenters. The van der Waals surface area contributed by atoms with Gasteiger partial charge in [0.15, 0.2) is 0 Å². The average Bonchev–Trinajstić information content (AvgIpc) is 2.28. The van der Waals surface area contributed by atoms with Crippen molar-refractivity contribution in [3.05, 3.63) is 35.4 Å². The molecule has 1 saturated heterocycles. The van der Waals surface area contributed by atoms with Gasteiger partial charge in [0.1, 0.15) is 0 Å². The molecule has 17 heavy (non-hydrogen) atoms. The lowest BCUT2D eigenvalue weighted by Crippen LogP contribution is -2.41. The van der Waals surface area contributed by atoms with Crippen LogP contribution in [-0.2, 0) is 0 Å². The fraction of sp³-hybridized carbons (Fsp3) is 0.500. The molecule has 1 aliphatic heterocycles. The van der Waals surface area contributed by atoms with Gasteiger partial charge < -0.3 is 4.90 Å². The van der Waals surface area contributed by atoms with Crippen LogP contribution in [0, 0.1) is 6.92 Å². The molecule has 0 bridgehead atoms. The summed E-state index contributed by atoms with van der Waals surface area (Å²) in [4.78, 5) is 14.3. The van der Waals surface area contributed by atoms with Gasteiger partial charge in [-0.25, -0.2) is 10.0 Å². The lowest BCUT2D eigenvalue weighted by Gasteiger charge is -2.41. The van der Waals surface area contributed by atoms with Crippen molar-refractivity contribution in [1.29, 1.82) is 0 Å². The minimum absolute atomic E-state index is 0.198. The number of carbonyl (C=O) groups excluding carboxylic acids is 1. The molecule has 1 aromatic carbocycles. The summed E-state index contributed by atoms with van der Waals surface area (Å²) in [6, 6.07) is 7.89. The number of benzene rings is 1. The molecule has 0 atom stereocenters. The van der Waals surface area contributed by atoms with Crippen molar-refractivity contribution in [3.8, 4) is 0 Å². The van der Waals surface area contributed by atoms with Gasteiger partial charge in [-0.3, -0.25) is 4.79 Å². The molecule has 0 radical (unpaired) electrons. The highest BCUT2D eigenvalue weighted by Gasteiger charge is 2.25. The summed E-state index contributed by atoms with van der Waals surface area (Å²) in [6.45, 7) is 3.88. The van der Waals surface area contributed by atoms with Gasteiger partial charge in [0.05, 0.1) is 0 Å². The Labute approximate surface area is 105 Å². The Hall–Kier alpha value is -0.960. The second-order valence-electron chi connectivity index (χ2n) is 5.34. The Morgan fingerprint density at radius 1 is 1.24 bits per heavy atom. The quantitative estimate of drug-likeness (QED) is 0.751. The number of amides is 1. The smallest absolute Gasteiger partial charge is 0.253 e. The third-order valence-electron chi connectivity index (χ3n) is 3.38. The summed E-state index contributed by atoms with van der Waals surface area (Å²) in [6.07, 6.45) is 4.73. The number of rotatable bonds is 1. The molecule has 0 spiro atoms. The summed E-state index contributed by atoms with van der Waals surface area (Å²) >= 11 is 0. The van der Waals surface area contributed by atoms with Crippen molar-refractivity contribution < 1.29 is 4.79 Å². The van der Waals surface area contributed by atoms with E-state index in [0.717, 1.165) is 24.2 Å². The van der Waals surface area contributed by atoms with Crippen molar-refractivity contribution in [2.45, 2.75) is 6.92 Å². The van der Waals surface area contributed by atoms with Crippen LogP contribution in [0.1, 0.15) is 15.9 Å². The summed E-state index contributed by atoms with van der Waals surface area (Å²) in [5.41, 5.74) is 1.98. The minimum atomic E-state index is -0.433. The van der Waals surface area contributed by atoms with Crippen molar-refractivity contribution >= 4 is 15.9 Å². The lowest BCUT2D eigenvalue weighted by molar-refractivity contribution is 0.0771. The van der Waals surface area contributed by atoms with E-state index in [1.807, 2.05) is 36.1 Å². The highest BCUT2D eigenvalue weighted by molar-refractivity contribution is 8.32. The van der Waals surface area contributed by atoms with E-state index in [2.05, 4.69) is 12.5 Å². The van der Waals surface area contributed by atoms with Gasteiger partial charge in [-0.05, 0) is 43.1 Å². The van der Waals surface area contributed by atoms with Crippen molar-refractivity contribution in [3.63, 3.8) is 0 Å². The second-order valence-corrected chi connectivity index (χ2v) is 9.69. The maximum absolute atomic E-state index is 12.3. The summed E-state index contributed by atoms with van der Waals surface area (Å²) in [5.74, 6) is 2.57. The Morgan fingerprint density at radius 2 is 1.88 bits per heavy atom. The van der Waals surface area contributed by atoms with E-state index in [-0.39, 0.29) is 5.91 Å². The SMILES string of the molecule is Cc1cccc(C(=O)N2CCS(C)(C)CC2)c1. The molecule has 1 heterocycles. The monoisotopic (exact) mass is 251 g/mol. The van der Waals surface area contributed by atoms with Crippen LogP contribution in [0.2, 0.25) is 0 Å². The van der Waals surface area contributed by atoms with Crippen LogP contribution < -0.4 is 0 Å². The summed E-state index contributed by atoms with van der Waals surface area (Å²) < 4.78 is 0. The largest absolute Gasteiger partial charge is 0.337 e. The molecule has 1 fully saturated rings. The first-order valence-electron chi connectivity index (χ1n) is 6.03. The van der Waals surface area contributed by atoms with Crippen LogP contribution in [0.15, 0.2) is 24.3 Å². The molecule has 2 rings (SSSR count). The Bertz CT molecular complexity index is 418. The normalized spacial score (nSPS) is 21.0. The third-order valence-corrected chi connectivity index (χ3v) is 5.96. The molecular weight excluding hydrogens is 230 g/mol. The van der Waals surface area contributed by atoms with E-state index in [1.54, 1.807) is 0 Å². The predicted molar refractivity (Wildman–Crippen MR) is 76.3 cm³/mol. The topological polar surface area (TPSA) is 20.3 Å². The van der Waals surface area contributed by atoms with Crippen molar-refractivity contribution in [2.24, 2.45) is 0 Å². The lowest BCUT2D eigenvalue weighted by atomic mass is 10.1. The maximum Gasteiger partial charge on any atom is 0.253 e. The Morgan fingerprint density at radius 3 is 2.47 bits per heavy atom. The van der Waals surface area contributed by atoms with Crippen LogP contribution >= 0.6 is 10.0 Å². The maximum atomic E-state index is 12.3. The molecular formula is C14H21NOS. The van der Waals surface area contributed by atoms with Gasteiger partial charge in [-0.1, -0.05) is 17.7 Å². The fourth-order valence-electron chi connectivity index (χ4n) is 2.09. The predicted octanol–water partition coefficient (Wildman–Crippen LogP) is 2.52. The molecule has 1 aromatic rings. The van der Waals surface area contributed by atoms with E-state index in [0.29, 0.717) is 0 Å². The first-order valence-corrected chi connectivity index (χ1v) is 8.81. The number of aryl methyl sites for hydroxylation is 1. The highest BCUT2D eigenvalue weighted by Crippen LogP contribution is 2.41. The first kappa shape index (κ1) is 12.5. The van der Waals surface area contributed by atoms with Gasteiger partial charge in [0.25, 0.3) is 5.91 Å². The van der Waals surface area contributed by atoms with Gasteiger partial charge >= 0.3 is 0 Å². The van der Waals surface area contributed by atoms with Crippen LogP contribution in [0.4, 0.5) is 0 Å². The van der Waals surface area contributed by atoms with Crippen LogP contribution in [-0.4, -0.2) is 47.9 Å². The third kappa shape index (κ3) is 3.03. The van der Waals surface area contributed by atoms with Crippen LogP contribution in [0.25, 0.3) is 0 Å². The van der Waals surface area contributed by atoms with Crippen LogP contribution in [0.3, 0.4) is 0 Å². The molecule has 0 saturated carbocycles. The van der Waals surface area contributed by atoms with E-state index in [9.17, 15) is 4.79 Å². The Balaban J connectivity index is 2.07. The van der Waals surface area contributed by atoms with E-state index in [1.165, 1.54) is 11.5 Å². The zero-order chi connectivity index (χ0) is 12.5. The van der Waals surface area contributed by atoms with E-state index < -0.39 is 10.0 Å². The molecule has 2 nitrogen and oxygen atoms in total. The highest BCUT2D eigenvalue weighted by atomic mass is 32.3. The number of nitrogens with zero attached hydrogens (tertiary/aromatic N) is 1. The van der Waals surface area contributed by atoms with Gasteiger partial charge in [0.2, 0.25) is 0 Å². The zero-order valence-corrected chi connectivity index (χ0v) is 11.7. The van der Waals surface area contributed by atoms with E-state index in [4.69, 9.17) is 0 Å². The van der Waals surface area contributed by atoms with Crippen LogP contribution in [0.5, 0.6) is 0 Å². The van der Waals surface area contributed by atoms with Crippen molar-refractivity contribution in [2.75, 3.05) is 37.1 Å². The first-order chi connectivity index (χ1) is 7.98. The minimum Gasteiger partial charge on any atom is -0.337 e. The number of hydrogen-bond acceptors (Lipinski definition) is 1. The fourth-order valence-corrected chi connectivity index (χ4v) is 3.73. The Kier molecular flexibility index (Phi) is 3.48.